The lowest BCUT2D eigenvalue weighted by atomic mass is 9.87. The van der Waals surface area contributed by atoms with Gasteiger partial charge in [-0.25, -0.2) is 4.68 Å². The monoisotopic (exact) mass is 364 g/mol. The van der Waals surface area contributed by atoms with Gasteiger partial charge < -0.3 is 9.47 Å². The van der Waals surface area contributed by atoms with Gasteiger partial charge in [0.1, 0.15) is 37.4 Å². The predicted molar refractivity (Wildman–Crippen MR) is 106 cm³/mol. The van der Waals surface area contributed by atoms with Gasteiger partial charge in [-0.05, 0) is 35.2 Å². The van der Waals surface area contributed by atoms with Crippen LogP contribution in [0.5, 0.6) is 11.5 Å². The highest BCUT2D eigenvalue weighted by Gasteiger charge is 2.12. The Labute approximate surface area is 159 Å². The molecule has 0 bridgehead atoms. The maximum atomic E-state index is 5.85. The molecule has 0 N–H and O–H groups in total. The highest BCUT2D eigenvalue weighted by Crippen LogP contribution is 2.24. The molecule has 0 spiro atoms. The van der Waals surface area contributed by atoms with Crippen LogP contribution in [0.25, 0.3) is 0 Å². The number of nitrogens with zero attached hydrogens (tertiary/aromatic N) is 4. The first-order valence-corrected chi connectivity index (χ1v) is 8.86. The Kier molecular flexibility index (Phi) is 5.86. The molecule has 0 aliphatic carbocycles. The van der Waals surface area contributed by atoms with Crippen molar-refractivity contribution in [3.05, 3.63) is 72.3 Å². The van der Waals surface area contributed by atoms with Crippen LogP contribution in [0.3, 0.4) is 0 Å². The highest BCUT2D eigenvalue weighted by atomic mass is 16.5. The number of benzene rings is 2. The van der Waals surface area contributed by atoms with Crippen LogP contribution in [0.15, 0.2) is 66.3 Å². The molecule has 0 unspecified atom stereocenters. The first-order chi connectivity index (χ1) is 13.0. The van der Waals surface area contributed by atoms with E-state index in [1.807, 2.05) is 36.4 Å². The van der Waals surface area contributed by atoms with E-state index >= 15 is 0 Å². The molecule has 3 rings (SSSR count). The molecule has 6 heteroatoms. The zero-order valence-corrected chi connectivity index (χ0v) is 15.9. The predicted octanol–water partition coefficient (Wildman–Crippen LogP) is 3.92. The van der Waals surface area contributed by atoms with Crippen LogP contribution in [-0.2, 0) is 5.41 Å². The fourth-order valence-electron chi connectivity index (χ4n) is 2.46. The van der Waals surface area contributed by atoms with Crippen molar-refractivity contribution in [1.82, 2.24) is 14.9 Å². The Morgan fingerprint density at radius 3 is 2.30 bits per heavy atom. The van der Waals surface area contributed by atoms with Gasteiger partial charge in [0.15, 0.2) is 0 Å². The summed E-state index contributed by atoms with van der Waals surface area (Å²) in [5.41, 5.74) is 2.30. The first kappa shape index (κ1) is 18.6. The van der Waals surface area contributed by atoms with Crippen LogP contribution in [0, 0.1) is 0 Å². The van der Waals surface area contributed by atoms with Crippen LogP contribution in [-0.4, -0.2) is 34.3 Å². The summed E-state index contributed by atoms with van der Waals surface area (Å²) in [5.74, 6) is 1.59. The van der Waals surface area contributed by atoms with Crippen molar-refractivity contribution in [2.75, 3.05) is 13.2 Å². The summed E-state index contributed by atoms with van der Waals surface area (Å²) in [6, 6.07) is 15.9. The lowest BCUT2D eigenvalue weighted by molar-refractivity contribution is 0.217. The lowest BCUT2D eigenvalue weighted by Crippen LogP contribution is -2.12. The summed E-state index contributed by atoms with van der Waals surface area (Å²) in [6.07, 6.45) is 4.77. The molecule has 140 valence electrons. The minimum atomic E-state index is 0.139. The van der Waals surface area contributed by atoms with Gasteiger partial charge >= 0.3 is 0 Å². The number of ether oxygens (including phenoxy) is 2. The average Bonchev–Trinajstić information content (AvgIpc) is 3.17. The van der Waals surface area contributed by atoms with Crippen molar-refractivity contribution >= 4 is 6.21 Å². The lowest BCUT2D eigenvalue weighted by Gasteiger charge is -2.19. The molecular formula is C21H24N4O2. The summed E-state index contributed by atoms with van der Waals surface area (Å²) >= 11 is 0. The quantitative estimate of drug-likeness (QED) is 0.471. The first-order valence-electron chi connectivity index (χ1n) is 8.86. The molecule has 1 heterocycles. The molecule has 0 aliphatic rings. The van der Waals surface area contributed by atoms with E-state index in [2.05, 4.69) is 48.2 Å². The Morgan fingerprint density at radius 2 is 1.59 bits per heavy atom. The van der Waals surface area contributed by atoms with Gasteiger partial charge in [-0.3, -0.25) is 0 Å². The van der Waals surface area contributed by atoms with Gasteiger partial charge in [-0.1, -0.05) is 45.0 Å². The molecule has 0 fully saturated rings. The molecule has 0 saturated heterocycles. The van der Waals surface area contributed by atoms with E-state index in [-0.39, 0.29) is 5.41 Å². The molecule has 1 aromatic heterocycles. The number of hydrogen-bond acceptors (Lipinski definition) is 5. The second-order valence-electron chi connectivity index (χ2n) is 7.10. The minimum Gasteiger partial charge on any atom is -0.490 e. The molecular weight excluding hydrogens is 340 g/mol. The molecule has 0 radical (unpaired) electrons. The zero-order valence-electron chi connectivity index (χ0n) is 15.9. The number of aromatic nitrogens is 3. The average molecular weight is 364 g/mol. The smallest absolute Gasteiger partial charge is 0.141 e. The molecule has 2 aromatic carbocycles. The van der Waals surface area contributed by atoms with Crippen molar-refractivity contribution in [1.29, 1.82) is 0 Å². The van der Waals surface area contributed by atoms with E-state index in [0.29, 0.717) is 13.2 Å². The van der Waals surface area contributed by atoms with Gasteiger partial charge in [-0.15, -0.1) is 10.2 Å². The number of hydrogen-bond donors (Lipinski definition) is 0. The molecule has 0 atom stereocenters. The maximum Gasteiger partial charge on any atom is 0.141 e. The van der Waals surface area contributed by atoms with E-state index in [1.165, 1.54) is 22.9 Å². The van der Waals surface area contributed by atoms with E-state index in [0.717, 1.165) is 17.1 Å². The molecule has 6 nitrogen and oxygen atoms in total. The second-order valence-corrected chi connectivity index (χ2v) is 7.10. The summed E-state index contributed by atoms with van der Waals surface area (Å²) in [4.78, 5) is 0. The van der Waals surface area contributed by atoms with Crippen molar-refractivity contribution in [2.45, 2.75) is 26.2 Å². The Balaban J connectivity index is 1.52. The normalized spacial score (nSPS) is 11.7. The third-order valence-corrected chi connectivity index (χ3v) is 3.99. The largest absolute Gasteiger partial charge is 0.490 e. The Bertz CT molecular complexity index is 866. The number of para-hydroxylation sites is 1. The minimum absolute atomic E-state index is 0.139. The van der Waals surface area contributed by atoms with E-state index in [1.54, 1.807) is 6.21 Å². The summed E-state index contributed by atoms with van der Waals surface area (Å²) in [6.45, 7) is 7.49. The van der Waals surface area contributed by atoms with Crippen molar-refractivity contribution in [3.8, 4) is 11.5 Å². The molecule has 0 aliphatic heterocycles. The van der Waals surface area contributed by atoms with Gasteiger partial charge in [0, 0.05) is 5.56 Å². The van der Waals surface area contributed by atoms with Crippen molar-refractivity contribution in [3.63, 3.8) is 0 Å². The summed E-state index contributed by atoms with van der Waals surface area (Å²) in [5, 5.41) is 11.7. The van der Waals surface area contributed by atoms with Crippen molar-refractivity contribution < 1.29 is 9.47 Å². The Morgan fingerprint density at radius 1 is 0.926 bits per heavy atom. The van der Waals surface area contributed by atoms with Crippen LogP contribution in [0.2, 0.25) is 0 Å². The third-order valence-electron chi connectivity index (χ3n) is 3.99. The number of rotatable bonds is 7. The highest BCUT2D eigenvalue weighted by molar-refractivity contribution is 5.83. The maximum absolute atomic E-state index is 5.85. The standard InChI is InChI=1S/C21H24N4O2/c1-21(2,3)18-8-10-19(11-9-18)26-12-13-27-20-7-5-4-6-17(20)14-24-25-15-22-23-16-25/h4-11,14-16H,12-13H2,1-3H3/b24-14-. The van der Waals surface area contributed by atoms with Crippen LogP contribution < -0.4 is 9.47 Å². The van der Waals surface area contributed by atoms with Gasteiger partial charge in [-0.2, -0.15) is 5.10 Å². The van der Waals surface area contributed by atoms with Crippen LogP contribution >= 0.6 is 0 Å². The van der Waals surface area contributed by atoms with E-state index < -0.39 is 0 Å². The zero-order chi connectivity index (χ0) is 19.1. The third kappa shape index (κ3) is 5.41. The van der Waals surface area contributed by atoms with Gasteiger partial charge in [0.05, 0.1) is 6.21 Å². The van der Waals surface area contributed by atoms with E-state index in [4.69, 9.17) is 9.47 Å². The molecule has 3 aromatic rings. The molecule has 27 heavy (non-hydrogen) atoms. The fraction of sp³-hybridized carbons (Fsp3) is 0.286. The molecule has 0 amide bonds. The van der Waals surface area contributed by atoms with Crippen molar-refractivity contribution in [2.24, 2.45) is 5.10 Å². The van der Waals surface area contributed by atoms with Gasteiger partial charge in [0.25, 0.3) is 0 Å². The SMILES string of the molecule is CC(C)(C)c1ccc(OCCOc2ccccc2/C=N\n2cnnc2)cc1. The van der Waals surface area contributed by atoms with Gasteiger partial charge in [0.2, 0.25) is 0 Å². The topological polar surface area (TPSA) is 61.5 Å². The molecule has 0 saturated carbocycles. The van der Waals surface area contributed by atoms with E-state index in [9.17, 15) is 0 Å². The van der Waals surface area contributed by atoms with Crippen LogP contribution in [0.4, 0.5) is 0 Å². The fourth-order valence-corrected chi connectivity index (χ4v) is 2.46. The Hall–Kier alpha value is -3.15. The summed E-state index contributed by atoms with van der Waals surface area (Å²) < 4.78 is 13.2. The second kappa shape index (κ2) is 8.49. The summed E-state index contributed by atoms with van der Waals surface area (Å²) in [7, 11) is 0. The van der Waals surface area contributed by atoms with Crippen LogP contribution in [0.1, 0.15) is 31.9 Å².